The van der Waals surface area contributed by atoms with E-state index in [2.05, 4.69) is 32.5 Å². The lowest BCUT2D eigenvalue weighted by atomic mass is 10.1. The molecule has 5 heteroatoms. The van der Waals surface area contributed by atoms with Gasteiger partial charge in [0, 0.05) is 32.2 Å². The second-order valence-corrected chi connectivity index (χ2v) is 9.55. The third kappa shape index (κ3) is 9.96. The Hall–Kier alpha value is -2.58. The summed E-state index contributed by atoms with van der Waals surface area (Å²) in [7, 11) is 0. The van der Waals surface area contributed by atoms with Gasteiger partial charge >= 0.3 is 0 Å². The zero-order valence-electron chi connectivity index (χ0n) is 17.9. The highest BCUT2D eigenvalue weighted by molar-refractivity contribution is 9.10. The smallest absolute Gasteiger partial charge is 0.251 e. The molecule has 2 aromatic carbocycles. The van der Waals surface area contributed by atoms with Gasteiger partial charge in [-0.15, -0.1) is 6.42 Å². The lowest BCUT2D eigenvalue weighted by Crippen LogP contribution is -2.40. The fraction of sp³-hybridized carbons (Fsp3) is 0.333. The first-order chi connectivity index (χ1) is 13.3. The zero-order valence-corrected chi connectivity index (χ0v) is 19.5. The molecule has 0 unspecified atom stereocenters. The van der Waals surface area contributed by atoms with E-state index in [1.165, 1.54) is 0 Å². The van der Waals surface area contributed by atoms with E-state index < -0.39 is 0 Å². The Balaban J connectivity index is 0.000000291. The van der Waals surface area contributed by atoms with Crippen LogP contribution in [0.15, 0.2) is 53.0 Å². The van der Waals surface area contributed by atoms with Gasteiger partial charge in [-0.1, -0.05) is 21.9 Å². The van der Waals surface area contributed by atoms with Crippen molar-refractivity contribution in [2.24, 2.45) is 0 Å². The fourth-order valence-corrected chi connectivity index (χ4v) is 2.41. The predicted octanol–water partition coefficient (Wildman–Crippen LogP) is 5.17. The summed E-state index contributed by atoms with van der Waals surface area (Å²) in [4.78, 5) is 23.3. The monoisotopic (exact) mass is 456 g/mol. The van der Waals surface area contributed by atoms with Gasteiger partial charge in [-0.05, 0) is 90.1 Å². The lowest BCUT2D eigenvalue weighted by Gasteiger charge is -2.20. The van der Waals surface area contributed by atoms with E-state index in [-0.39, 0.29) is 22.9 Å². The van der Waals surface area contributed by atoms with E-state index in [4.69, 9.17) is 6.42 Å². The summed E-state index contributed by atoms with van der Waals surface area (Å²) >= 11 is 3.32. The molecule has 0 bridgehead atoms. The Labute approximate surface area is 182 Å². The number of amides is 2. The Morgan fingerprint density at radius 1 is 0.759 bits per heavy atom. The van der Waals surface area contributed by atoms with Crippen molar-refractivity contribution in [3.8, 4) is 12.3 Å². The van der Waals surface area contributed by atoms with Crippen LogP contribution in [0, 0.1) is 12.3 Å². The average Bonchev–Trinajstić information content (AvgIpc) is 2.60. The molecular formula is C24H29BrN2O2. The Morgan fingerprint density at radius 2 is 1.10 bits per heavy atom. The van der Waals surface area contributed by atoms with E-state index >= 15 is 0 Å². The molecule has 0 aromatic heterocycles. The molecule has 0 saturated carbocycles. The summed E-state index contributed by atoms with van der Waals surface area (Å²) in [6.45, 7) is 11.7. The van der Waals surface area contributed by atoms with Crippen LogP contribution in [0.3, 0.4) is 0 Å². The first-order valence-corrected chi connectivity index (χ1v) is 10.1. The van der Waals surface area contributed by atoms with Crippen LogP contribution in [0.4, 0.5) is 0 Å². The van der Waals surface area contributed by atoms with Gasteiger partial charge < -0.3 is 10.6 Å². The van der Waals surface area contributed by atoms with Crippen LogP contribution in [0.5, 0.6) is 0 Å². The van der Waals surface area contributed by atoms with Crippen molar-refractivity contribution in [2.75, 3.05) is 0 Å². The molecule has 2 rings (SSSR count). The van der Waals surface area contributed by atoms with E-state index in [0.717, 1.165) is 10.0 Å². The molecule has 0 radical (unpaired) electrons. The maximum absolute atomic E-state index is 11.7. The number of carbonyl (C=O) groups is 2. The first-order valence-electron chi connectivity index (χ1n) is 9.28. The molecule has 0 atom stereocenters. The number of benzene rings is 2. The van der Waals surface area contributed by atoms with Crippen molar-refractivity contribution in [3.63, 3.8) is 0 Å². The minimum absolute atomic E-state index is 0.0370. The number of rotatable bonds is 2. The highest BCUT2D eigenvalue weighted by Crippen LogP contribution is 2.11. The van der Waals surface area contributed by atoms with Crippen molar-refractivity contribution in [2.45, 2.75) is 52.6 Å². The number of terminal acetylenes is 1. The lowest BCUT2D eigenvalue weighted by molar-refractivity contribution is 0.0910. The first kappa shape index (κ1) is 24.5. The summed E-state index contributed by atoms with van der Waals surface area (Å²) in [5.41, 5.74) is 1.68. The van der Waals surface area contributed by atoms with Crippen LogP contribution >= 0.6 is 15.9 Å². The van der Waals surface area contributed by atoms with E-state index in [9.17, 15) is 9.59 Å². The number of nitrogens with one attached hydrogen (secondary N) is 2. The van der Waals surface area contributed by atoms with Crippen molar-refractivity contribution in [1.29, 1.82) is 0 Å². The van der Waals surface area contributed by atoms with Crippen LogP contribution < -0.4 is 10.6 Å². The molecule has 4 nitrogen and oxygen atoms in total. The molecule has 0 fully saturated rings. The second-order valence-electron chi connectivity index (χ2n) is 8.64. The topological polar surface area (TPSA) is 58.2 Å². The van der Waals surface area contributed by atoms with Gasteiger partial charge in [-0.2, -0.15) is 0 Å². The molecule has 0 saturated heterocycles. The minimum Gasteiger partial charge on any atom is -0.347 e. The Kier molecular flexibility index (Phi) is 8.66. The maximum Gasteiger partial charge on any atom is 0.251 e. The molecule has 0 spiro atoms. The van der Waals surface area contributed by atoms with Crippen LogP contribution in [0.2, 0.25) is 0 Å². The number of hydrogen-bond donors (Lipinski definition) is 2. The van der Waals surface area contributed by atoms with Crippen molar-refractivity contribution < 1.29 is 9.59 Å². The fourth-order valence-electron chi connectivity index (χ4n) is 2.14. The predicted molar refractivity (Wildman–Crippen MR) is 123 cm³/mol. The molecule has 0 aliphatic rings. The normalized spacial score (nSPS) is 10.8. The summed E-state index contributed by atoms with van der Waals surface area (Å²) in [6, 6.07) is 14.3. The molecule has 29 heavy (non-hydrogen) atoms. The highest BCUT2D eigenvalue weighted by Gasteiger charge is 2.15. The highest BCUT2D eigenvalue weighted by atomic mass is 79.9. The van der Waals surface area contributed by atoms with Gasteiger partial charge in [-0.25, -0.2) is 0 Å². The third-order valence-corrected chi connectivity index (χ3v) is 3.93. The quantitative estimate of drug-likeness (QED) is 0.611. The minimum atomic E-state index is -0.220. The molecule has 2 aromatic rings. The molecule has 2 amide bonds. The maximum atomic E-state index is 11.7. The van der Waals surface area contributed by atoms with Gasteiger partial charge in [0.05, 0.1) is 0 Å². The van der Waals surface area contributed by atoms with Crippen LogP contribution in [0.1, 0.15) is 67.8 Å². The van der Waals surface area contributed by atoms with Gasteiger partial charge in [0.15, 0.2) is 0 Å². The zero-order chi connectivity index (χ0) is 22.2. The largest absolute Gasteiger partial charge is 0.347 e. The third-order valence-electron chi connectivity index (χ3n) is 3.40. The molecule has 154 valence electrons. The van der Waals surface area contributed by atoms with Crippen molar-refractivity contribution in [3.05, 3.63) is 69.7 Å². The molecule has 0 aliphatic heterocycles. The van der Waals surface area contributed by atoms with E-state index in [0.29, 0.717) is 11.1 Å². The van der Waals surface area contributed by atoms with E-state index in [1.807, 2.05) is 53.7 Å². The average molecular weight is 457 g/mol. The van der Waals surface area contributed by atoms with E-state index in [1.54, 1.807) is 36.4 Å². The van der Waals surface area contributed by atoms with Crippen LogP contribution in [-0.4, -0.2) is 22.9 Å². The van der Waals surface area contributed by atoms with Crippen LogP contribution in [0.25, 0.3) is 0 Å². The SMILES string of the molecule is C#Cc1ccc(C(=O)NC(C)(C)C)cc1.CC(C)(C)NC(=O)c1ccc(Br)cc1. The Bertz CT molecular complexity index is 866. The summed E-state index contributed by atoms with van der Waals surface area (Å²) in [5, 5.41) is 5.78. The van der Waals surface area contributed by atoms with Crippen molar-refractivity contribution in [1.82, 2.24) is 10.6 Å². The molecule has 2 N–H and O–H groups in total. The molecule has 0 aliphatic carbocycles. The second kappa shape index (κ2) is 10.3. The standard InChI is InChI=1S/C13H15NO.C11H14BrNO/c1-5-10-6-8-11(9-7-10)12(15)14-13(2,3)4;1-11(2,3)13-10(14)8-4-6-9(12)7-5-8/h1,6-9H,2-4H3,(H,14,15);4-7H,1-3H3,(H,13,14). The number of halogens is 1. The van der Waals surface area contributed by atoms with Gasteiger partial charge in [0.25, 0.3) is 11.8 Å². The summed E-state index contributed by atoms with van der Waals surface area (Å²) in [5.74, 6) is 2.39. The number of carbonyl (C=O) groups excluding carboxylic acids is 2. The Morgan fingerprint density at radius 3 is 1.41 bits per heavy atom. The van der Waals surface area contributed by atoms with Crippen molar-refractivity contribution >= 4 is 27.7 Å². The van der Waals surface area contributed by atoms with Crippen LogP contribution in [-0.2, 0) is 0 Å². The summed E-state index contributed by atoms with van der Waals surface area (Å²) < 4.78 is 0.977. The molecule has 0 heterocycles. The number of hydrogen-bond acceptors (Lipinski definition) is 2. The summed E-state index contributed by atoms with van der Waals surface area (Å²) in [6.07, 6.45) is 5.23. The van der Waals surface area contributed by atoms with Gasteiger partial charge in [-0.3, -0.25) is 9.59 Å². The van der Waals surface area contributed by atoms with Gasteiger partial charge in [0.1, 0.15) is 0 Å². The molecular weight excluding hydrogens is 428 g/mol. The van der Waals surface area contributed by atoms with Gasteiger partial charge in [0.2, 0.25) is 0 Å².